The van der Waals surface area contributed by atoms with Crippen molar-refractivity contribution in [1.29, 1.82) is 0 Å². The molecule has 0 radical (unpaired) electrons. The van der Waals surface area contributed by atoms with Gasteiger partial charge in [-0.1, -0.05) is 23.8 Å². The largest absolute Gasteiger partial charge is 0.389 e. The van der Waals surface area contributed by atoms with E-state index in [1.807, 2.05) is 18.7 Å². The zero-order chi connectivity index (χ0) is 13.9. The molecule has 0 aliphatic heterocycles. The fourth-order valence-electron chi connectivity index (χ4n) is 1.67. The number of primary amides is 1. The standard InChI is InChI=1S/C12H16ClN3OS/c1-7(2)16(6-11(14)17)10-4-3-8(13)5-9(10)12(15)18/h3-5,7H,6H2,1-2H3,(H2,14,17)(H2,15,18). The Morgan fingerprint density at radius 2 is 2.06 bits per heavy atom. The second-order valence-corrected chi connectivity index (χ2v) is 5.09. The molecule has 1 rings (SSSR count). The van der Waals surface area contributed by atoms with Crippen LogP contribution in [0.4, 0.5) is 5.69 Å². The quantitative estimate of drug-likeness (QED) is 0.807. The summed E-state index contributed by atoms with van der Waals surface area (Å²) in [5.74, 6) is -0.410. The van der Waals surface area contributed by atoms with E-state index >= 15 is 0 Å². The van der Waals surface area contributed by atoms with Crippen LogP contribution in [0.3, 0.4) is 0 Å². The summed E-state index contributed by atoms with van der Waals surface area (Å²) in [6.45, 7) is 4.02. The van der Waals surface area contributed by atoms with E-state index in [9.17, 15) is 4.79 Å². The molecule has 0 saturated heterocycles. The second-order valence-electron chi connectivity index (χ2n) is 4.21. The number of nitrogens with zero attached hydrogens (tertiary/aromatic N) is 1. The highest BCUT2D eigenvalue weighted by atomic mass is 35.5. The van der Waals surface area contributed by atoms with Crippen molar-refractivity contribution < 1.29 is 4.79 Å². The first-order valence-electron chi connectivity index (χ1n) is 5.47. The van der Waals surface area contributed by atoms with Gasteiger partial charge in [-0.05, 0) is 32.0 Å². The van der Waals surface area contributed by atoms with Crippen LogP contribution in [0, 0.1) is 0 Å². The molecular formula is C12H16ClN3OS. The summed E-state index contributed by atoms with van der Waals surface area (Å²) in [6, 6.07) is 5.30. The van der Waals surface area contributed by atoms with Gasteiger partial charge in [-0.25, -0.2) is 0 Å². The van der Waals surface area contributed by atoms with Crippen LogP contribution in [-0.2, 0) is 4.79 Å². The molecule has 0 aromatic heterocycles. The number of rotatable bonds is 5. The van der Waals surface area contributed by atoms with Crippen molar-refractivity contribution in [2.45, 2.75) is 19.9 Å². The first kappa shape index (κ1) is 14.7. The Kier molecular flexibility index (Phi) is 4.93. The maximum Gasteiger partial charge on any atom is 0.236 e. The van der Waals surface area contributed by atoms with Gasteiger partial charge in [0.05, 0.1) is 6.54 Å². The van der Waals surface area contributed by atoms with Gasteiger partial charge in [-0.3, -0.25) is 4.79 Å². The molecule has 1 aromatic rings. The molecule has 0 saturated carbocycles. The van der Waals surface area contributed by atoms with Crippen LogP contribution in [0.1, 0.15) is 19.4 Å². The molecule has 0 heterocycles. The van der Waals surface area contributed by atoms with Gasteiger partial charge in [-0.2, -0.15) is 0 Å². The Morgan fingerprint density at radius 3 is 2.50 bits per heavy atom. The molecule has 0 bridgehead atoms. The van der Waals surface area contributed by atoms with Crippen LogP contribution in [0.15, 0.2) is 18.2 Å². The summed E-state index contributed by atoms with van der Waals surface area (Å²) in [7, 11) is 0. The van der Waals surface area contributed by atoms with Crippen molar-refractivity contribution in [1.82, 2.24) is 0 Å². The summed E-state index contributed by atoms with van der Waals surface area (Å²) in [4.78, 5) is 13.2. The number of benzene rings is 1. The minimum absolute atomic E-state index is 0.0896. The molecule has 0 spiro atoms. The van der Waals surface area contributed by atoms with E-state index in [0.29, 0.717) is 10.6 Å². The van der Waals surface area contributed by atoms with Crippen LogP contribution in [0.5, 0.6) is 0 Å². The molecule has 0 fully saturated rings. The van der Waals surface area contributed by atoms with E-state index in [4.69, 9.17) is 35.3 Å². The Balaban J connectivity index is 3.27. The van der Waals surface area contributed by atoms with E-state index in [0.717, 1.165) is 5.69 Å². The zero-order valence-corrected chi connectivity index (χ0v) is 11.9. The third-order valence-electron chi connectivity index (χ3n) is 2.48. The summed E-state index contributed by atoms with van der Waals surface area (Å²) >= 11 is 10.9. The number of carbonyl (C=O) groups excluding carboxylic acids is 1. The minimum atomic E-state index is -0.410. The molecule has 1 aromatic carbocycles. The van der Waals surface area contributed by atoms with Crippen molar-refractivity contribution >= 4 is 40.4 Å². The topological polar surface area (TPSA) is 72.3 Å². The maximum absolute atomic E-state index is 11.1. The number of anilines is 1. The van der Waals surface area contributed by atoms with Crippen molar-refractivity contribution in [3.8, 4) is 0 Å². The Hall–Kier alpha value is -1.33. The lowest BCUT2D eigenvalue weighted by molar-refractivity contribution is -0.116. The van der Waals surface area contributed by atoms with Crippen LogP contribution in [0.25, 0.3) is 0 Å². The van der Waals surface area contributed by atoms with E-state index in [1.54, 1.807) is 18.2 Å². The van der Waals surface area contributed by atoms with Gasteiger partial charge in [0.1, 0.15) is 4.99 Å². The molecule has 98 valence electrons. The highest BCUT2D eigenvalue weighted by Gasteiger charge is 2.17. The monoisotopic (exact) mass is 285 g/mol. The van der Waals surface area contributed by atoms with Crippen molar-refractivity contribution in [2.75, 3.05) is 11.4 Å². The highest BCUT2D eigenvalue weighted by molar-refractivity contribution is 7.80. The molecule has 0 unspecified atom stereocenters. The van der Waals surface area contributed by atoms with Gasteiger partial charge < -0.3 is 16.4 Å². The molecule has 0 atom stereocenters. The fourth-order valence-corrected chi connectivity index (χ4v) is 2.01. The lowest BCUT2D eigenvalue weighted by Crippen LogP contribution is -2.39. The average molecular weight is 286 g/mol. The number of nitrogens with two attached hydrogens (primary N) is 2. The summed E-state index contributed by atoms with van der Waals surface area (Å²) < 4.78 is 0. The second kappa shape index (κ2) is 6.02. The normalized spacial score (nSPS) is 10.4. The van der Waals surface area contributed by atoms with Gasteiger partial charge in [0.25, 0.3) is 0 Å². The zero-order valence-electron chi connectivity index (χ0n) is 10.3. The number of thiocarbonyl (C=S) groups is 1. The van der Waals surface area contributed by atoms with Crippen LogP contribution < -0.4 is 16.4 Å². The fraction of sp³-hybridized carbons (Fsp3) is 0.333. The summed E-state index contributed by atoms with van der Waals surface area (Å²) in [5, 5.41) is 0.546. The average Bonchev–Trinajstić information content (AvgIpc) is 2.25. The van der Waals surface area contributed by atoms with Gasteiger partial charge in [-0.15, -0.1) is 0 Å². The highest BCUT2D eigenvalue weighted by Crippen LogP contribution is 2.25. The molecule has 4 N–H and O–H groups in total. The third kappa shape index (κ3) is 3.58. The van der Waals surface area contributed by atoms with Crippen molar-refractivity contribution in [3.05, 3.63) is 28.8 Å². The molecule has 1 amide bonds. The lowest BCUT2D eigenvalue weighted by Gasteiger charge is -2.29. The number of carbonyl (C=O) groups is 1. The van der Waals surface area contributed by atoms with Crippen molar-refractivity contribution in [3.63, 3.8) is 0 Å². The summed E-state index contributed by atoms with van der Waals surface area (Å²) in [5.41, 5.74) is 12.3. The van der Waals surface area contributed by atoms with E-state index < -0.39 is 5.91 Å². The smallest absolute Gasteiger partial charge is 0.236 e. The predicted octanol–water partition coefficient (Wildman–Crippen LogP) is 1.67. The van der Waals surface area contributed by atoms with Gasteiger partial charge in [0.2, 0.25) is 5.91 Å². The van der Waals surface area contributed by atoms with Gasteiger partial charge in [0, 0.05) is 22.3 Å². The first-order chi connectivity index (χ1) is 8.32. The molecule has 0 aliphatic rings. The third-order valence-corrected chi connectivity index (χ3v) is 2.94. The lowest BCUT2D eigenvalue weighted by atomic mass is 10.1. The Bertz CT molecular complexity index is 476. The van der Waals surface area contributed by atoms with Crippen LogP contribution in [-0.4, -0.2) is 23.5 Å². The van der Waals surface area contributed by atoms with E-state index in [2.05, 4.69) is 0 Å². The SMILES string of the molecule is CC(C)N(CC(N)=O)c1ccc(Cl)cc1C(N)=S. The molecule has 0 aliphatic carbocycles. The van der Waals surface area contributed by atoms with Gasteiger partial charge >= 0.3 is 0 Å². The van der Waals surface area contributed by atoms with E-state index in [1.165, 1.54) is 0 Å². The minimum Gasteiger partial charge on any atom is -0.389 e. The Morgan fingerprint density at radius 1 is 1.44 bits per heavy atom. The molecule has 4 nitrogen and oxygen atoms in total. The Labute approximate surface area is 117 Å². The van der Waals surface area contributed by atoms with Gasteiger partial charge in [0.15, 0.2) is 0 Å². The molecular weight excluding hydrogens is 270 g/mol. The maximum atomic E-state index is 11.1. The first-order valence-corrected chi connectivity index (χ1v) is 6.26. The number of amides is 1. The number of hydrogen-bond acceptors (Lipinski definition) is 3. The number of halogens is 1. The van der Waals surface area contributed by atoms with Crippen molar-refractivity contribution in [2.24, 2.45) is 11.5 Å². The predicted molar refractivity (Wildman–Crippen MR) is 79.0 cm³/mol. The molecule has 18 heavy (non-hydrogen) atoms. The van der Waals surface area contributed by atoms with Crippen LogP contribution >= 0.6 is 23.8 Å². The number of hydrogen-bond donors (Lipinski definition) is 2. The molecule has 6 heteroatoms. The summed E-state index contributed by atoms with van der Waals surface area (Å²) in [6.07, 6.45) is 0. The van der Waals surface area contributed by atoms with Crippen LogP contribution in [0.2, 0.25) is 5.02 Å². The van der Waals surface area contributed by atoms with E-state index in [-0.39, 0.29) is 17.6 Å².